The largest absolute Gasteiger partial charge is 0.478 e. The summed E-state index contributed by atoms with van der Waals surface area (Å²) in [5.41, 5.74) is 0.964. The zero-order valence-corrected chi connectivity index (χ0v) is 11.8. The highest BCUT2D eigenvalue weighted by Crippen LogP contribution is 2.37. The van der Waals surface area contributed by atoms with E-state index in [2.05, 4.69) is 0 Å². The average molecular weight is 303 g/mol. The second-order valence-corrected chi connectivity index (χ2v) is 5.58. The summed E-state index contributed by atoms with van der Waals surface area (Å²) in [5.74, 6) is -1.04. The van der Waals surface area contributed by atoms with Crippen LogP contribution in [-0.4, -0.2) is 22.5 Å². The monoisotopic (exact) mass is 303 g/mol. The van der Waals surface area contributed by atoms with Crippen LogP contribution < -0.4 is 0 Å². The molecular formula is C15H13NO4S. The van der Waals surface area contributed by atoms with Gasteiger partial charge in [-0.2, -0.15) is 0 Å². The van der Waals surface area contributed by atoms with Crippen LogP contribution in [0.5, 0.6) is 0 Å². The lowest BCUT2D eigenvalue weighted by molar-refractivity contribution is -0.479. The number of nitrogens with zero attached hydrogens (tertiary/aromatic N) is 1. The molecule has 0 unspecified atom stereocenters. The van der Waals surface area contributed by atoms with Crippen LogP contribution in [0.3, 0.4) is 0 Å². The maximum atomic E-state index is 11.2. The van der Waals surface area contributed by atoms with E-state index < -0.39 is 11.2 Å². The third-order valence-corrected chi connectivity index (χ3v) is 4.19. The molecule has 0 saturated carbocycles. The van der Waals surface area contributed by atoms with Crippen molar-refractivity contribution in [3.8, 4) is 0 Å². The Morgan fingerprint density at radius 3 is 2.38 bits per heavy atom. The lowest BCUT2D eigenvalue weighted by atomic mass is 10.1. The Balaban J connectivity index is 2.32. The standard InChI is InChI=1S/C15H13NO4S/c17-15(18)12-8-4-5-9-13(12)21-14(10-16(19)20)11-6-2-1-3-7-11/h1-9,14H,10H2,(H,17,18)/t14-/m1/s1. The summed E-state index contributed by atoms with van der Waals surface area (Å²) >= 11 is 1.20. The molecule has 6 heteroatoms. The average Bonchev–Trinajstić information content (AvgIpc) is 2.47. The van der Waals surface area contributed by atoms with Gasteiger partial charge in [0.1, 0.15) is 0 Å². The zero-order valence-electron chi connectivity index (χ0n) is 11.0. The number of nitro groups is 1. The van der Waals surface area contributed by atoms with Gasteiger partial charge in [-0.15, -0.1) is 11.8 Å². The number of hydrogen-bond donors (Lipinski definition) is 1. The van der Waals surface area contributed by atoms with E-state index in [-0.39, 0.29) is 17.0 Å². The Morgan fingerprint density at radius 2 is 1.76 bits per heavy atom. The smallest absolute Gasteiger partial charge is 0.336 e. The first-order valence-electron chi connectivity index (χ1n) is 6.23. The van der Waals surface area contributed by atoms with Gasteiger partial charge in [0.25, 0.3) is 0 Å². The lowest BCUT2D eigenvalue weighted by Gasteiger charge is -2.14. The Morgan fingerprint density at radius 1 is 1.14 bits per heavy atom. The van der Waals surface area contributed by atoms with Gasteiger partial charge in [0.15, 0.2) is 0 Å². The molecule has 0 aromatic heterocycles. The van der Waals surface area contributed by atoms with Crippen LogP contribution in [0.2, 0.25) is 0 Å². The summed E-state index contributed by atoms with van der Waals surface area (Å²) in [6.07, 6.45) is 0. The molecule has 0 amide bonds. The number of rotatable bonds is 6. The number of carbonyl (C=O) groups is 1. The first kappa shape index (κ1) is 15.1. The van der Waals surface area contributed by atoms with Crippen LogP contribution in [0, 0.1) is 10.1 Å². The number of thioether (sulfide) groups is 1. The maximum Gasteiger partial charge on any atom is 0.336 e. The van der Waals surface area contributed by atoms with Gasteiger partial charge < -0.3 is 5.11 Å². The molecular weight excluding hydrogens is 290 g/mol. The number of aromatic carboxylic acids is 1. The minimum atomic E-state index is -1.04. The zero-order chi connectivity index (χ0) is 15.2. The molecule has 0 aliphatic heterocycles. The molecule has 0 bridgehead atoms. The fraction of sp³-hybridized carbons (Fsp3) is 0.133. The van der Waals surface area contributed by atoms with Crippen molar-refractivity contribution in [2.75, 3.05) is 6.54 Å². The van der Waals surface area contributed by atoms with Gasteiger partial charge in [-0.25, -0.2) is 4.79 Å². The van der Waals surface area contributed by atoms with Crippen molar-refractivity contribution in [3.05, 3.63) is 75.8 Å². The second kappa shape index (κ2) is 6.90. The fourth-order valence-corrected chi connectivity index (χ4v) is 3.15. The highest BCUT2D eigenvalue weighted by molar-refractivity contribution is 7.99. The van der Waals surface area contributed by atoms with E-state index >= 15 is 0 Å². The Kier molecular flexibility index (Phi) is 4.94. The highest BCUT2D eigenvalue weighted by Gasteiger charge is 2.21. The summed E-state index contributed by atoms with van der Waals surface area (Å²) < 4.78 is 0. The van der Waals surface area contributed by atoms with E-state index in [4.69, 9.17) is 0 Å². The maximum absolute atomic E-state index is 11.2. The van der Waals surface area contributed by atoms with Crippen molar-refractivity contribution in [2.45, 2.75) is 10.1 Å². The number of benzene rings is 2. The van der Waals surface area contributed by atoms with E-state index in [1.54, 1.807) is 18.2 Å². The molecule has 0 aliphatic rings. The molecule has 2 aromatic carbocycles. The molecule has 0 aliphatic carbocycles. The van der Waals surface area contributed by atoms with E-state index in [0.717, 1.165) is 5.56 Å². The molecule has 21 heavy (non-hydrogen) atoms. The van der Waals surface area contributed by atoms with Crippen molar-refractivity contribution in [2.24, 2.45) is 0 Å². The van der Waals surface area contributed by atoms with Crippen LogP contribution in [0.1, 0.15) is 21.2 Å². The molecule has 0 fully saturated rings. The summed E-state index contributed by atoms with van der Waals surface area (Å²) in [6.45, 7) is -0.261. The minimum Gasteiger partial charge on any atom is -0.478 e. The summed E-state index contributed by atoms with van der Waals surface area (Å²) in [6, 6.07) is 15.6. The number of carboxylic acids is 1. The van der Waals surface area contributed by atoms with Crippen LogP contribution >= 0.6 is 11.8 Å². The third kappa shape index (κ3) is 4.06. The van der Waals surface area contributed by atoms with Crippen molar-refractivity contribution < 1.29 is 14.8 Å². The van der Waals surface area contributed by atoms with E-state index in [9.17, 15) is 20.0 Å². The SMILES string of the molecule is O=C(O)c1ccccc1S[C@H](C[N+](=O)[O-])c1ccccc1. The third-order valence-electron chi connectivity index (χ3n) is 2.87. The molecule has 0 heterocycles. The lowest BCUT2D eigenvalue weighted by Crippen LogP contribution is -2.10. The molecule has 108 valence electrons. The van der Waals surface area contributed by atoms with Gasteiger partial charge in [0.2, 0.25) is 6.54 Å². The molecule has 1 N–H and O–H groups in total. The van der Waals surface area contributed by atoms with Crippen LogP contribution in [-0.2, 0) is 0 Å². The second-order valence-electron chi connectivity index (χ2n) is 4.33. The van der Waals surface area contributed by atoms with Gasteiger partial charge in [-0.1, -0.05) is 42.5 Å². The van der Waals surface area contributed by atoms with Crippen LogP contribution in [0.15, 0.2) is 59.5 Å². The molecule has 0 radical (unpaired) electrons. The van der Waals surface area contributed by atoms with Crippen molar-refractivity contribution >= 4 is 17.7 Å². The first-order valence-corrected chi connectivity index (χ1v) is 7.11. The van der Waals surface area contributed by atoms with Gasteiger partial charge in [0.05, 0.1) is 10.8 Å². The predicted octanol–water partition coefficient (Wildman–Crippen LogP) is 3.49. The van der Waals surface area contributed by atoms with E-state index in [0.29, 0.717) is 4.90 Å². The van der Waals surface area contributed by atoms with Gasteiger partial charge in [-0.3, -0.25) is 10.1 Å². The van der Waals surface area contributed by atoms with Gasteiger partial charge in [0, 0.05) is 9.82 Å². The summed E-state index contributed by atoms with van der Waals surface area (Å²) in [7, 11) is 0. The predicted molar refractivity (Wildman–Crippen MR) is 80.3 cm³/mol. The Labute approximate surface area is 125 Å². The first-order chi connectivity index (χ1) is 10.1. The van der Waals surface area contributed by atoms with E-state index in [1.165, 1.54) is 17.8 Å². The topological polar surface area (TPSA) is 80.4 Å². The normalized spacial score (nSPS) is 11.8. The van der Waals surface area contributed by atoms with Crippen molar-refractivity contribution in [1.29, 1.82) is 0 Å². The quantitative estimate of drug-likeness (QED) is 0.502. The molecule has 5 nitrogen and oxygen atoms in total. The highest BCUT2D eigenvalue weighted by atomic mass is 32.2. The van der Waals surface area contributed by atoms with Gasteiger partial charge in [-0.05, 0) is 17.7 Å². The van der Waals surface area contributed by atoms with Crippen LogP contribution in [0.4, 0.5) is 0 Å². The van der Waals surface area contributed by atoms with Crippen LogP contribution in [0.25, 0.3) is 0 Å². The summed E-state index contributed by atoms with van der Waals surface area (Å²) in [5, 5.41) is 19.6. The molecule has 0 spiro atoms. The minimum absolute atomic E-state index is 0.159. The van der Waals surface area contributed by atoms with Crippen molar-refractivity contribution in [3.63, 3.8) is 0 Å². The number of hydrogen-bond acceptors (Lipinski definition) is 4. The molecule has 2 rings (SSSR count). The summed E-state index contributed by atoms with van der Waals surface area (Å²) in [4.78, 5) is 22.2. The fourth-order valence-electron chi connectivity index (χ4n) is 1.91. The van der Waals surface area contributed by atoms with Gasteiger partial charge >= 0.3 is 5.97 Å². The molecule has 0 saturated heterocycles. The Bertz CT molecular complexity index is 645. The molecule has 2 aromatic rings. The molecule has 1 atom stereocenters. The number of carboxylic acid groups (broad SMARTS) is 1. The Hall–Kier alpha value is -2.34. The van der Waals surface area contributed by atoms with E-state index in [1.807, 2.05) is 30.3 Å². The van der Waals surface area contributed by atoms with Crippen molar-refractivity contribution in [1.82, 2.24) is 0 Å².